The Morgan fingerprint density at radius 2 is 1.88 bits per heavy atom. The minimum absolute atomic E-state index is 0.318. The molecule has 0 saturated heterocycles. The molecule has 0 unspecified atom stereocenters. The second kappa shape index (κ2) is 7.48. The van der Waals surface area contributed by atoms with Crippen LogP contribution >= 0.6 is 23.4 Å². The van der Waals surface area contributed by atoms with Crippen LogP contribution in [0.1, 0.15) is 16.8 Å². The first kappa shape index (κ1) is 17.8. The van der Waals surface area contributed by atoms with E-state index in [9.17, 15) is 9.90 Å². The molecule has 3 rings (SSSR count). The Labute approximate surface area is 156 Å². The average Bonchev–Trinajstić information content (AvgIpc) is 2.86. The summed E-state index contributed by atoms with van der Waals surface area (Å²) in [6.45, 7) is 2.70. The molecule has 6 heteroatoms. The second-order valence-corrected chi connectivity index (χ2v) is 6.65. The molecule has 4 nitrogen and oxygen atoms in total. The van der Waals surface area contributed by atoms with E-state index < -0.39 is 12.0 Å². The van der Waals surface area contributed by atoms with Gasteiger partial charge in [0.2, 0.25) is 0 Å². The second-order valence-electron chi connectivity index (χ2n) is 6.00. The monoisotopic (exact) mass is 376 g/mol. The van der Waals surface area contributed by atoms with Crippen molar-refractivity contribution in [2.75, 3.05) is 0 Å². The lowest BCUT2D eigenvalue weighted by Crippen LogP contribution is -2.32. The van der Waals surface area contributed by atoms with Gasteiger partial charge in [0.25, 0.3) is 0 Å². The van der Waals surface area contributed by atoms with Gasteiger partial charge >= 0.3 is 5.97 Å². The van der Waals surface area contributed by atoms with Crippen molar-refractivity contribution < 1.29 is 9.90 Å². The van der Waals surface area contributed by atoms with Gasteiger partial charge in [-0.15, -0.1) is 0 Å². The molecule has 0 aliphatic rings. The summed E-state index contributed by atoms with van der Waals surface area (Å²) in [6, 6.07) is 14.9. The summed E-state index contributed by atoms with van der Waals surface area (Å²) < 4.78 is 2.20. The van der Waals surface area contributed by atoms with Gasteiger partial charge in [0, 0.05) is 34.6 Å². The van der Waals surface area contributed by atoms with Crippen molar-refractivity contribution in [3.8, 4) is 0 Å². The molecular formula is C19H18Cl2N2O2. The summed E-state index contributed by atoms with van der Waals surface area (Å²) in [5, 5.41) is 11.1. The van der Waals surface area contributed by atoms with Crippen molar-refractivity contribution in [1.29, 1.82) is 0 Å². The minimum atomic E-state index is -0.969. The van der Waals surface area contributed by atoms with Gasteiger partial charge in [0.15, 0.2) is 0 Å². The SMILES string of the molecule is Cc1c(C[C@H](NCl)C(=O)O)c2ccccc2n1Cc1ccc(Cl)cc1. The van der Waals surface area contributed by atoms with E-state index in [1.165, 1.54) is 0 Å². The first-order valence-corrected chi connectivity index (χ1v) is 8.67. The summed E-state index contributed by atoms with van der Waals surface area (Å²) in [5.74, 6) is -0.969. The maximum Gasteiger partial charge on any atom is 0.322 e. The van der Waals surface area contributed by atoms with E-state index in [1.807, 2.05) is 55.5 Å². The zero-order chi connectivity index (χ0) is 18.0. The Hall–Kier alpha value is -2.01. The largest absolute Gasteiger partial charge is 0.480 e. The third-order valence-electron chi connectivity index (χ3n) is 4.45. The molecule has 0 aliphatic carbocycles. The smallest absolute Gasteiger partial charge is 0.322 e. The molecule has 1 heterocycles. The number of halogens is 2. The summed E-state index contributed by atoms with van der Waals surface area (Å²) in [7, 11) is 0. The highest BCUT2D eigenvalue weighted by Gasteiger charge is 2.22. The number of nitrogens with zero attached hydrogens (tertiary/aromatic N) is 1. The van der Waals surface area contributed by atoms with Crippen molar-refractivity contribution in [3.05, 3.63) is 70.4 Å². The highest BCUT2D eigenvalue weighted by Crippen LogP contribution is 2.28. The molecule has 0 bridgehead atoms. The number of aliphatic carboxylic acids is 1. The zero-order valence-electron chi connectivity index (χ0n) is 13.7. The number of aromatic nitrogens is 1. The quantitative estimate of drug-likeness (QED) is 0.627. The van der Waals surface area contributed by atoms with Crippen LogP contribution in [0.4, 0.5) is 0 Å². The molecule has 3 aromatic rings. The van der Waals surface area contributed by atoms with E-state index in [0.717, 1.165) is 27.7 Å². The molecule has 0 radical (unpaired) electrons. The van der Waals surface area contributed by atoms with Crippen molar-refractivity contribution >= 4 is 40.2 Å². The standard InChI is InChI=1S/C19H18Cl2N2O2/c1-12-16(10-17(22-21)19(24)25)15-4-2-3-5-18(15)23(12)11-13-6-8-14(20)9-7-13/h2-9,17,22H,10-11H2,1H3,(H,24,25)/t17-/m0/s1. The van der Waals surface area contributed by atoms with Gasteiger partial charge in [0.05, 0.1) is 0 Å². The first-order valence-electron chi connectivity index (χ1n) is 7.91. The fourth-order valence-electron chi connectivity index (χ4n) is 3.11. The van der Waals surface area contributed by atoms with Crippen LogP contribution in [0, 0.1) is 6.92 Å². The molecule has 2 aromatic carbocycles. The van der Waals surface area contributed by atoms with Gasteiger partial charge in [-0.3, -0.25) is 4.79 Å². The van der Waals surface area contributed by atoms with Crippen LogP contribution in [0.2, 0.25) is 5.02 Å². The third-order valence-corrected chi connectivity index (χ3v) is 4.97. The molecule has 0 amide bonds. The minimum Gasteiger partial charge on any atom is -0.480 e. The number of hydrogen-bond acceptors (Lipinski definition) is 2. The molecular weight excluding hydrogens is 359 g/mol. The predicted molar refractivity (Wildman–Crippen MR) is 101 cm³/mol. The number of hydrogen-bond donors (Lipinski definition) is 2. The van der Waals surface area contributed by atoms with E-state index in [1.54, 1.807) is 0 Å². The van der Waals surface area contributed by atoms with Crippen LogP contribution in [-0.2, 0) is 17.8 Å². The van der Waals surface area contributed by atoms with Gasteiger partial charge in [-0.05, 0) is 48.0 Å². The van der Waals surface area contributed by atoms with E-state index in [0.29, 0.717) is 18.0 Å². The van der Waals surface area contributed by atoms with Crippen LogP contribution in [0.25, 0.3) is 10.9 Å². The lowest BCUT2D eigenvalue weighted by atomic mass is 10.0. The molecule has 25 heavy (non-hydrogen) atoms. The lowest BCUT2D eigenvalue weighted by molar-refractivity contribution is -0.138. The summed E-state index contributed by atoms with van der Waals surface area (Å²) in [5.41, 5.74) is 4.23. The number of carbonyl (C=O) groups is 1. The van der Waals surface area contributed by atoms with Crippen LogP contribution in [0.15, 0.2) is 48.5 Å². The fraction of sp³-hybridized carbons (Fsp3) is 0.211. The maximum atomic E-state index is 11.3. The maximum absolute atomic E-state index is 11.3. The third kappa shape index (κ3) is 3.66. The van der Waals surface area contributed by atoms with E-state index in [-0.39, 0.29) is 0 Å². The first-order chi connectivity index (χ1) is 12.0. The number of benzene rings is 2. The number of carboxylic acids is 1. The summed E-state index contributed by atoms with van der Waals surface area (Å²) in [4.78, 5) is 13.7. The average molecular weight is 377 g/mol. The van der Waals surface area contributed by atoms with E-state index >= 15 is 0 Å². The van der Waals surface area contributed by atoms with Crippen LogP contribution in [-0.4, -0.2) is 21.7 Å². The van der Waals surface area contributed by atoms with E-state index in [4.69, 9.17) is 23.4 Å². The summed E-state index contributed by atoms with van der Waals surface area (Å²) >= 11 is 11.6. The van der Waals surface area contributed by atoms with Gasteiger partial charge < -0.3 is 9.67 Å². The number of carboxylic acid groups (broad SMARTS) is 1. The fourth-order valence-corrected chi connectivity index (χ4v) is 3.41. The van der Waals surface area contributed by atoms with Crippen LogP contribution in [0.5, 0.6) is 0 Å². The van der Waals surface area contributed by atoms with Gasteiger partial charge in [-0.25, -0.2) is 4.84 Å². The normalized spacial score (nSPS) is 12.4. The number of nitrogens with one attached hydrogen (secondary N) is 1. The molecule has 1 atom stereocenters. The van der Waals surface area contributed by atoms with Gasteiger partial charge in [-0.2, -0.15) is 0 Å². The molecule has 0 saturated carbocycles. The highest BCUT2D eigenvalue weighted by molar-refractivity contribution is 6.30. The molecule has 0 spiro atoms. The molecule has 0 fully saturated rings. The molecule has 0 aliphatic heterocycles. The van der Waals surface area contributed by atoms with Crippen molar-refractivity contribution in [3.63, 3.8) is 0 Å². The van der Waals surface area contributed by atoms with Crippen molar-refractivity contribution in [2.24, 2.45) is 0 Å². The summed E-state index contributed by atoms with van der Waals surface area (Å²) in [6.07, 6.45) is 0.318. The Morgan fingerprint density at radius 3 is 2.52 bits per heavy atom. The number of rotatable bonds is 6. The Balaban J connectivity index is 2.05. The van der Waals surface area contributed by atoms with Gasteiger partial charge in [-0.1, -0.05) is 41.9 Å². The predicted octanol–water partition coefficient (Wildman–Crippen LogP) is 4.39. The lowest BCUT2D eigenvalue weighted by Gasteiger charge is -2.11. The van der Waals surface area contributed by atoms with Crippen molar-refractivity contribution in [1.82, 2.24) is 9.40 Å². The zero-order valence-corrected chi connectivity index (χ0v) is 15.2. The Kier molecular flexibility index (Phi) is 5.33. The molecule has 1 aromatic heterocycles. The van der Waals surface area contributed by atoms with Gasteiger partial charge in [0.1, 0.15) is 6.04 Å². The molecule has 130 valence electrons. The van der Waals surface area contributed by atoms with Crippen molar-refractivity contribution in [2.45, 2.75) is 25.9 Å². The Morgan fingerprint density at radius 1 is 1.20 bits per heavy atom. The number of fused-ring (bicyclic) bond motifs is 1. The van der Waals surface area contributed by atoms with Crippen LogP contribution < -0.4 is 4.84 Å². The highest BCUT2D eigenvalue weighted by atomic mass is 35.5. The Bertz CT molecular complexity index is 904. The number of para-hydroxylation sites is 1. The topological polar surface area (TPSA) is 54.3 Å². The molecule has 2 N–H and O–H groups in total. The van der Waals surface area contributed by atoms with Crippen LogP contribution in [0.3, 0.4) is 0 Å². The van der Waals surface area contributed by atoms with E-state index in [2.05, 4.69) is 9.40 Å².